The van der Waals surface area contributed by atoms with Crippen molar-refractivity contribution in [2.45, 2.75) is 4.90 Å². The normalized spacial score (nSPS) is 14.7. The van der Waals surface area contributed by atoms with E-state index >= 15 is 0 Å². The molecule has 0 N–H and O–H groups in total. The van der Waals surface area contributed by atoms with E-state index in [1.807, 2.05) is 0 Å². The zero-order chi connectivity index (χ0) is 18.0. The van der Waals surface area contributed by atoms with E-state index in [0.29, 0.717) is 24.5 Å². The molecule has 3 rings (SSSR count). The minimum absolute atomic E-state index is 0.0204. The van der Waals surface area contributed by atoms with Crippen molar-refractivity contribution in [3.63, 3.8) is 0 Å². The van der Waals surface area contributed by atoms with Crippen LogP contribution in [0.4, 0.5) is 10.5 Å². The van der Waals surface area contributed by atoms with Crippen LogP contribution in [0.25, 0.3) is 0 Å². The van der Waals surface area contributed by atoms with Gasteiger partial charge in [0.15, 0.2) is 0 Å². The maximum atomic E-state index is 12.4. The molecule has 0 aliphatic carbocycles. The van der Waals surface area contributed by atoms with Crippen LogP contribution in [0, 0.1) is 0 Å². The number of urea groups is 1. The maximum absolute atomic E-state index is 12.4. The highest BCUT2D eigenvalue weighted by molar-refractivity contribution is 7.87. The first-order valence-corrected chi connectivity index (χ1v) is 9.03. The average molecular weight is 362 g/mol. The van der Waals surface area contributed by atoms with Crippen molar-refractivity contribution < 1.29 is 22.1 Å². The number of carbonyl (C=O) groups excluding carboxylic acids is 1. The zero-order valence-corrected chi connectivity index (χ0v) is 14.7. The Morgan fingerprint density at radius 2 is 1.52 bits per heavy atom. The molecular weight excluding hydrogens is 344 g/mol. The lowest BCUT2D eigenvalue weighted by Gasteiger charge is -2.16. The van der Waals surface area contributed by atoms with Crippen LogP contribution in [0.2, 0.25) is 0 Å². The van der Waals surface area contributed by atoms with Crippen LogP contribution in [-0.2, 0) is 10.1 Å². The van der Waals surface area contributed by atoms with Crippen LogP contribution in [-0.4, -0.2) is 46.6 Å². The number of benzene rings is 2. The van der Waals surface area contributed by atoms with Crippen LogP contribution in [0.3, 0.4) is 0 Å². The summed E-state index contributed by atoms with van der Waals surface area (Å²) in [4.78, 5) is 15.2. The molecule has 2 aromatic carbocycles. The molecule has 1 saturated heterocycles. The second kappa shape index (κ2) is 6.64. The number of nitrogens with zero attached hydrogens (tertiary/aromatic N) is 2. The SMILES string of the molecule is COc1ccc(OS(=O)(=O)c2ccc(N3CCN(C)C3=O)cc2)cc1. The Labute approximate surface area is 146 Å². The van der Waals surface area contributed by atoms with Crippen LogP contribution in [0.5, 0.6) is 11.5 Å². The third-order valence-corrected chi connectivity index (χ3v) is 5.18. The van der Waals surface area contributed by atoms with Gasteiger partial charge in [-0.25, -0.2) is 4.79 Å². The molecule has 0 atom stereocenters. The molecule has 25 heavy (non-hydrogen) atoms. The first-order chi connectivity index (χ1) is 11.9. The number of amides is 2. The summed E-state index contributed by atoms with van der Waals surface area (Å²) >= 11 is 0. The first kappa shape index (κ1) is 17.1. The quantitative estimate of drug-likeness (QED) is 0.763. The number of anilines is 1. The van der Waals surface area contributed by atoms with Crippen molar-refractivity contribution in [1.29, 1.82) is 0 Å². The molecule has 2 amide bonds. The second-order valence-corrected chi connectivity index (χ2v) is 7.11. The Balaban J connectivity index is 1.77. The summed E-state index contributed by atoms with van der Waals surface area (Å²) in [6.45, 7) is 1.21. The van der Waals surface area contributed by atoms with E-state index in [4.69, 9.17) is 8.92 Å². The molecule has 0 saturated carbocycles. The van der Waals surface area contributed by atoms with Crippen LogP contribution >= 0.6 is 0 Å². The highest BCUT2D eigenvalue weighted by atomic mass is 32.2. The van der Waals surface area contributed by atoms with Crippen molar-refractivity contribution in [3.8, 4) is 11.5 Å². The summed E-state index contributed by atoms with van der Waals surface area (Å²) in [6, 6.07) is 12.2. The highest BCUT2D eigenvalue weighted by Crippen LogP contribution is 2.25. The monoisotopic (exact) mass is 362 g/mol. The fourth-order valence-corrected chi connectivity index (χ4v) is 3.42. The minimum Gasteiger partial charge on any atom is -0.497 e. The van der Waals surface area contributed by atoms with Gasteiger partial charge in [-0.15, -0.1) is 0 Å². The lowest BCUT2D eigenvalue weighted by Crippen LogP contribution is -2.29. The van der Waals surface area contributed by atoms with Gasteiger partial charge in [0.1, 0.15) is 16.4 Å². The fraction of sp³-hybridized carbons (Fsp3) is 0.235. The lowest BCUT2D eigenvalue weighted by molar-refractivity contribution is 0.229. The Bertz CT molecular complexity index is 863. The molecule has 7 nitrogen and oxygen atoms in total. The fourth-order valence-electron chi connectivity index (χ4n) is 2.49. The largest absolute Gasteiger partial charge is 0.497 e. The highest BCUT2D eigenvalue weighted by Gasteiger charge is 2.27. The molecule has 0 radical (unpaired) electrons. The molecule has 1 aliphatic heterocycles. The van der Waals surface area contributed by atoms with Gasteiger partial charge in [-0.2, -0.15) is 8.42 Å². The van der Waals surface area contributed by atoms with E-state index in [1.54, 1.807) is 41.1 Å². The summed E-state index contributed by atoms with van der Waals surface area (Å²) < 4.78 is 34.9. The number of ether oxygens (including phenoxy) is 1. The van der Waals surface area contributed by atoms with Crippen LogP contribution < -0.4 is 13.8 Å². The van der Waals surface area contributed by atoms with Crippen molar-refractivity contribution in [3.05, 3.63) is 48.5 Å². The van der Waals surface area contributed by atoms with Gasteiger partial charge in [-0.3, -0.25) is 4.90 Å². The van der Waals surface area contributed by atoms with Crippen LogP contribution in [0.1, 0.15) is 0 Å². The molecule has 132 valence electrons. The third kappa shape index (κ3) is 3.53. The predicted molar refractivity (Wildman–Crippen MR) is 92.6 cm³/mol. The third-order valence-electron chi connectivity index (χ3n) is 3.92. The molecule has 8 heteroatoms. The van der Waals surface area contributed by atoms with E-state index in [9.17, 15) is 13.2 Å². The molecule has 1 heterocycles. The molecule has 1 aliphatic rings. The number of carbonyl (C=O) groups is 1. The summed E-state index contributed by atoms with van der Waals surface area (Å²) in [5.41, 5.74) is 0.651. The molecule has 0 spiro atoms. The molecular formula is C17H18N2O5S. The summed E-state index contributed by atoms with van der Waals surface area (Å²) in [5, 5.41) is 0. The van der Waals surface area contributed by atoms with Gasteiger partial charge in [-0.05, 0) is 48.5 Å². The molecule has 0 bridgehead atoms. The Morgan fingerprint density at radius 1 is 0.920 bits per heavy atom. The zero-order valence-electron chi connectivity index (χ0n) is 13.9. The van der Waals surface area contributed by atoms with Gasteiger partial charge >= 0.3 is 16.1 Å². The Morgan fingerprint density at radius 3 is 2.04 bits per heavy atom. The molecule has 1 fully saturated rings. The number of methoxy groups -OCH3 is 1. The predicted octanol–water partition coefficient (Wildman–Crippen LogP) is 2.33. The number of hydrogen-bond acceptors (Lipinski definition) is 5. The number of likely N-dealkylation sites (N-methyl/N-ethyl adjacent to an activating group) is 1. The van der Waals surface area contributed by atoms with Gasteiger partial charge in [0.05, 0.1) is 7.11 Å². The summed E-state index contributed by atoms with van der Waals surface area (Å²) in [6.07, 6.45) is 0. The van der Waals surface area contributed by atoms with Gasteiger partial charge in [0.25, 0.3) is 0 Å². The van der Waals surface area contributed by atoms with E-state index in [-0.39, 0.29) is 16.7 Å². The molecule has 0 aromatic heterocycles. The average Bonchev–Trinajstić information content (AvgIpc) is 2.94. The summed E-state index contributed by atoms with van der Waals surface area (Å²) in [5.74, 6) is 0.801. The van der Waals surface area contributed by atoms with Crippen molar-refractivity contribution >= 4 is 21.8 Å². The minimum atomic E-state index is -3.95. The second-order valence-electron chi connectivity index (χ2n) is 5.56. The van der Waals surface area contributed by atoms with E-state index in [1.165, 1.54) is 31.4 Å². The van der Waals surface area contributed by atoms with Gasteiger partial charge in [-0.1, -0.05) is 0 Å². The lowest BCUT2D eigenvalue weighted by atomic mass is 10.3. The number of hydrogen-bond donors (Lipinski definition) is 0. The Hall–Kier alpha value is -2.74. The van der Waals surface area contributed by atoms with Gasteiger partial charge in [0.2, 0.25) is 0 Å². The standard InChI is InChI=1S/C17H18N2O5S/c1-18-11-12-19(17(18)20)13-3-9-16(10-4-13)25(21,22)24-15-7-5-14(23-2)6-8-15/h3-10H,11-12H2,1-2H3. The molecule has 0 unspecified atom stereocenters. The van der Waals surface area contributed by atoms with E-state index in [0.717, 1.165) is 0 Å². The van der Waals surface area contributed by atoms with E-state index < -0.39 is 10.1 Å². The Kier molecular flexibility index (Phi) is 4.54. The maximum Gasteiger partial charge on any atom is 0.339 e. The smallest absolute Gasteiger partial charge is 0.339 e. The van der Waals surface area contributed by atoms with Gasteiger partial charge in [0, 0.05) is 25.8 Å². The van der Waals surface area contributed by atoms with Crippen LogP contribution in [0.15, 0.2) is 53.4 Å². The van der Waals surface area contributed by atoms with Gasteiger partial charge < -0.3 is 13.8 Å². The first-order valence-electron chi connectivity index (χ1n) is 7.62. The summed E-state index contributed by atoms with van der Waals surface area (Å²) in [7, 11) is -0.701. The molecule has 2 aromatic rings. The van der Waals surface area contributed by atoms with Crippen molar-refractivity contribution in [2.75, 3.05) is 32.1 Å². The van der Waals surface area contributed by atoms with Crippen molar-refractivity contribution in [1.82, 2.24) is 4.90 Å². The van der Waals surface area contributed by atoms with E-state index in [2.05, 4.69) is 0 Å². The number of rotatable bonds is 5. The topological polar surface area (TPSA) is 76.2 Å². The van der Waals surface area contributed by atoms with Crippen molar-refractivity contribution in [2.24, 2.45) is 0 Å².